The van der Waals surface area contributed by atoms with Crippen LogP contribution >= 0.6 is 11.8 Å². The lowest BCUT2D eigenvalue weighted by Crippen LogP contribution is -2.38. The number of guanidine groups is 1. The number of aliphatic imine (C=N–C) groups is 1. The summed E-state index contributed by atoms with van der Waals surface area (Å²) in [4.78, 5) is 16.4. The van der Waals surface area contributed by atoms with Gasteiger partial charge in [0.25, 0.3) is 5.91 Å². The third-order valence-electron chi connectivity index (χ3n) is 4.01. The topological polar surface area (TPSA) is 88.7 Å². The number of rotatable bonds is 12. The molecule has 0 aliphatic rings. The molecule has 2 aromatic rings. The molecule has 0 unspecified atom stereocenters. The predicted octanol–water partition coefficient (Wildman–Crippen LogP) is 2.97. The number of nitrogens with zero attached hydrogens (tertiary/aromatic N) is 1. The largest absolute Gasteiger partial charge is 0.484 e. The standard InChI is InChI=1S/C22H29FN4O2S/c1-2-25-22(26-13-3-15-30-20-10-6-18(23)7-11-20)27-14-12-17-4-8-19(9-5-17)29-16-21(24)28/h4-11H,2-3,12-16H2,1H3,(H2,24,28)(H2,25,26,27). The summed E-state index contributed by atoms with van der Waals surface area (Å²) in [5.74, 6) is 1.65. The monoisotopic (exact) mass is 432 g/mol. The number of hydrogen-bond donors (Lipinski definition) is 3. The second kappa shape index (κ2) is 13.5. The number of primary amides is 1. The fraction of sp³-hybridized carbons (Fsp3) is 0.364. The number of ether oxygens (including phenoxy) is 1. The van der Waals surface area contributed by atoms with Gasteiger partial charge in [0, 0.05) is 24.5 Å². The summed E-state index contributed by atoms with van der Waals surface area (Å²) in [6.07, 6.45) is 1.77. The average molecular weight is 433 g/mol. The molecule has 0 saturated carbocycles. The van der Waals surface area contributed by atoms with E-state index in [4.69, 9.17) is 10.5 Å². The molecule has 0 aromatic heterocycles. The number of nitrogens with two attached hydrogens (primary N) is 1. The summed E-state index contributed by atoms with van der Waals surface area (Å²) in [6.45, 7) is 4.17. The van der Waals surface area contributed by atoms with E-state index < -0.39 is 5.91 Å². The smallest absolute Gasteiger partial charge is 0.255 e. The highest BCUT2D eigenvalue weighted by Crippen LogP contribution is 2.18. The van der Waals surface area contributed by atoms with E-state index >= 15 is 0 Å². The van der Waals surface area contributed by atoms with Gasteiger partial charge in [-0.3, -0.25) is 9.79 Å². The van der Waals surface area contributed by atoms with Crippen molar-refractivity contribution in [2.45, 2.75) is 24.7 Å². The van der Waals surface area contributed by atoms with Gasteiger partial charge in [0.2, 0.25) is 0 Å². The van der Waals surface area contributed by atoms with Crippen LogP contribution in [0.25, 0.3) is 0 Å². The van der Waals surface area contributed by atoms with Crippen LogP contribution in [-0.2, 0) is 11.2 Å². The van der Waals surface area contributed by atoms with Gasteiger partial charge in [-0.15, -0.1) is 11.8 Å². The number of amides is 1. The van der Waals surface area contributed by atoms with Crippen LogP contribution in [-0.4, -0.2) is 43.9 Å². The summed E-state index contributed by atoms with van der Waals surface area (Å²) in [5.41, 5.74) is 6.22. The van der Waals surface area contributed by atoms with Crippen molar-refractivity contribution in [3.63, 3.8) is 0 Å². The van der Waals surface area contributed by atoms with Crippen molar-refractivity contribution in [3.05, 3.63) is 59.9 Å². The van der Waals surface area contributed by atoms with Gasteiger partial charge in [0.05, 0.1) is 0 Å². The Kier molecular flexibility index (Phi) is 10.6. The maximum Gasteiger partial charge on any atom is 0.255 e. The number of thioether (sulfide) groups is 1. The first-order chi connectivity index (χ1) is 14.6. The fourth-order valence-electron chi connectivity index (χ4n) is 2.55. The first-order valence-corrected chi connectivity index (χ1v) is 11.0. The van der Waals surface area contributed by atoms with Crippen LogP contribution in [0.3, 0.4) is 0 Å². The highest BCUT2D eigenvalue weighted by molar-refractivity contribution is 7.99. The van der Waals surface area contributed by atoms with Gasteiger partial charge < -0.3 is 21.1 Å². The number of carbonyl (C=O) groups excluding carboxylic acids is 1. The lowest BCUT2D eigenvalue weighted by atomic mass is 10.1. The van der Waals surface area contributed by atoms with Crippen LogP contribution in [0.4, 0.5) is 4.39 Å². The SMILES string of the molecule is CCNC(=NCCCSc1ccc(F)cc1)NCCc1ccc(OCC(N)=O)cc1. The van der Waals surface area contributed by atoms with Crippen molar-refractivity contribution in [2.24, 2.45) is 10.7 Å². The molecular weight excluding hydrogens is 403 g/mol. The van der Waals surface area contributed by atoms with Crippen LogP contribution in [0.1, 0.15) is 18.9 Å². The van der Waals surface area contributed by atoms with E-state index in [0.717, 1.165) is 54.6 Å². The van der Waals surface area contributed by atoms with Gasteiger partial charge in [-0.1, -0.05) is 12.1 Å². The Labute approximate surface area is 181 Å². The molecule has 0 aliphatic heterocycles. The molecule has 2 rings (SSSR count). The minimum Gasteiger partial charge on any atom is -0.484 e. The van der Waals surface area contributed by atoms with Crippen molar-refractivity contribution < 1.29 is 13.9 Å². The van der Waals surface area contributed by atoms with Gasteiger partial charge in [-0.2, -0.15) is 0 Å². The zero-order valence-corrected chi connectivity index (χ0v) is 18.0. The Bertz CT molecular complexity index is 798. The second-order valence-corrected chi connectivity index (χ2v) is 7.66. The molecule has 0 bridgehead atoms. The van der Waals surface area contributed by atoms with E-state index in [9.17, 15) is 9.18 Å². The van der Waals surface area contributed by atoms with Gasteiger partial charge in [-0.05, 0) is 67.5 Å². The Hall–Kier alpha value is -2.74. The van der Waals surface area contributed by atoms with Gasteiger partial charge in [-0.25, -0.2) is 4.39 Å². The van der Waals surface area contributed by atoms with Crippen molar-refractivity contribution in [3.8, 4) is 5.75 Å². The molecule has 8 heteroatoms. The molecular formula is C22H29FN4O2S. The summed E-state index contributed by atoms with van der Waals surface area (Å²) >= 11 is 1.70. The molecule has 0 atom stereocenters. The van der Waals surface area contributed by atoms with Crippen molar-refractivity contribution in [1.82, 2.24) is 10.6 Å². The maximum atomic E-state index is 12.9. The van der Waals surface area contributed by atoms with E-state index in [2.05, 4.69) is 15.6 Å². The molecule has 0 heterocycles. The predicted molar refractivity (Wildman–Crippen MR) is 121 cm³/mol. The van der Waals surface area contributed by atoms with Crippen LogP contribution in [0.5, 0.6) is 5.75 Å². The molecule has 30 heavy (non-hydrogen) atoms. The van der Waals surface area contributed by atoms with Gasteiger partial charge >= 0.3 is 0 Å². The van der Waals surface area contributed by atoms with E-state index in [1.54, 1.807) is 23.9 Å². The van der Waals surface area contributed by atoms with E-state index in [1.807, 2.05) is 31.2 Å². The van der Waals surface area contributed by atoms with Crippen molar-refractivity contribution in [2.75, 3.05) is 32.0 Å². The molecule has 2 aromatic carbocycles. The molecule has 6 nitrogen and oxygen atoms in total. The first-order valence-electron chi connectivity index (χ1n) is 9.97. The molecule has 0 saturated heterocycles. The molecule has 4 N–H and O–H groups in total. The average Bonchev–Trinajstić information content (AvgIpc) is 2.74. The van der Waals surface area contributed by atoms with Crippen molar-refractivity contribution in [1.29, 1.82) is 0 Å². The molecule has 0 radical (unpaired) electrons. The van der Waals surface area contributed by atoms with Crippen LogP contribution in [0, 0.1) is 5.82 Å². The fourth-order valence-corrected chi connectivity index (χ4v) is 3.39. The summed E-state index contributed by atoms with van der Waals surface area (Å²) < 4.78 is 18.2. The Morgan fingerprint density at radius 1 is 1.13 bits per heavy atom. The zero-order valence-electron chi connectivity index (χ0n) is 17.2. The molecule has 0 fully saturated rings. The van der Waals surface area contributed by atoms with Gasteiger partial charge in [0.15, 0.2) is 12.6 Å². The van der Waals surface area contributed by atoms with Crippen LogP contribution in [0.2, 0.25) is 0 Å². The summed E-state index contributed by atoms with van der Waals surface area (Å²) in [6, 6.07) is 14.2. The minimum atomic E-state index is -0.493. The highest BCUT2D eigenvalue weighted by Gasteiger charge is 2.01. The molecule has 162 valence electrons. The minimum absolute atomic E-state index is 0.119. The second-order valence-electron chi connectivity index (χ2n) is 6.49. The molecule has 0 aliphatic carbocycles. The summed E-state index contributed by atoms with van der Waals surface area (Å²) in [5, 5.41) is 6.58. The third-order valence-corrected chi connectivity index (χ3v) is 5.11. The van der Waals surface area contributed by atoms with E-state index in [1.165, 1.54) is 12.1 Å². The summed E-state index contributed by atoms with van der Waals surface area (Å²) in [7, 11) is 0. The lowest BCUT2D eigenvalue weighted by molar-refractivity contribution is -0.119. The van der Waals surface area contributed by atoms with Crippen LogP contribution < -0.4 is 21.1 Å². The maximum absolute atomic E-state index is 12.9. The van der Waals surface area contributed by atoms with Crippen LogP contribution in [0.15, 0.2) is 58.4 Å². The zero-order chi connectivity index (χ0) is 21.6. The number of hydrogen-bond acceptors (Lipinski definition) is 4. The highest BCUT2D eigenvalue weighted by atomic mass is 32.2. The Morgan fingerprint density at radius 2 is 1.87 bits per heavy atom. The van der Waals surface area contributed by atoms with Gasteiger partial charge in [0.1, 0.15) is 11.6 Å². The normalized spacial score (nSPS) is 11.2. The Balaban J connectivity index is 1.68. The molecule has 0 spiro atoms. The van der Waals surface area contributed by atoms with Crippen molar-refractivity contribution >= 4 is 23.6 Å². The van der Waals surface area contributed by atoms with E-state index in [-0.39, 0.29) is 12.4 Å². The lowest BCUT2D eigenvalue weighted by Gasteiger charge is -2.11. The number of benzene rings is 2. The number of halogens is 1. The Morgan fingerprint density at radius 3 is 2.53 bits per heavy atom. The third kappa shape index (κ3) is 9.65. The quantitative estimate of drug-likeness (QED) is 0.208. The number of nitrogens with one attached hydrogen (secondary N) is 2. The first kappa shape index (κ1) is 23.5. The van der Waals surface area contributed by atoms with E-state index in [0.29, 0.717) is 5.75 Å². The molecule has 1 amide bonds. The number of carbonyl (C=O) groups is 1.